The molecule has 0 saturated heterocycles. The van der Waals surface area contributed by atoms with Crippen LogP contribution in [0.25, 0.3) is 10.6 Å². The summed E-state index contributed by atoms with van der Waals surface area (Å²) in [5, 5.41) is 7.39. The Balaban J connectivity index is -0.0000000358. The van der Waals surface area contributed by atoms with Gasteiger partial charge >= 0.3 is 0 Å². The Morgan fingerprint density at radius 3 is 0.750 bits per heavy atom. The first kappa shape index (κ1) is 29.3. The Morgan fingerprint density at radius 2 is 0.750 bits per heavy atom. The Hall–Kier alpha value is -3.18. The van der Waals surface area contributed by atoms with E-state index in [2.05, 4.69) is 30.4 Å². The van der Waals surface area contributed by atoms with Gasteiger partial charge in [0, 0.05) is 0 Å². The van der Waals surface area contributed by atoms with Crippen molar-refractivity contribution < 1.29 is 0 Å². The molecule has 0 aliphatic heterocycles. The van der Waals surface area contributed by atoms with Crippen LogP contribution in [0.3, 0.4) is 0 Å². The van der Waals surface area contributed by atoms with Crippen molar-refractivity contribution in [2.45, 2.75) is 27.7 Å². The molecule has 0 spiro atoms. The molecule has 0 unspecified atom stereocenters. The number of allylic oxidation sites excluding steroid dienone is 3. The predicted molar refractivity (Wildman–Crippen MR) is 68.7 cm³/mol. The molecule has 88 valence electrons. The van der Waals surface area contributed by atoms with Crippen molar-refractivity contribution in [3.05, 3.63) is 47.3 Å². The molecule has 0 aliphatic rings. The molecule has 0 aromatic rings. The molecule has 0 atom stereocenters. The molecule has 4 heteroatoms. The van der Waals surface area contributed by atoms with Crippen LogP contribution in [0.5, 0.6) is 0 Å². The van der Waals surface area contributed by atoms with Crippen LogP contribution in [0, 0.1) is 0 Å². The Bertz CT molecular complexity index is 160. The van der Waals surface area contributed by atoms with Gasteiger partial charge in [-0.3, -0.25) is 0 Å². The fourth-order valence-electron chi connectivity index (χ4n) is 0. The van der Waals surface area contributed by atoms with E-state index in [1.165, 1.54) is 5.57 Å². The smallest absolute Gasteiger partial charge is 0 e. The van der Waals surface area contributed by atoms with Crippen LogP contribution in [0.4, 0.5) is 0 Å². The maximum Gasteiger partial charge on any atom is 0 e. The van der Waals surface area contributed by atoms with Gasteiger partial charge < -0.3 is 10.6 Å². The molecule has 0 amide bonds. The first-order valence-electron chi connectivity index (χ1n) is 4.40. The minimum atomic E-state index is 0. The fourth-order valence-corrected chi connectivity index (χ4v) is 0. The quantitative estimate of drug-likeness (QED) is 0.372. The fraction of sp³-hybridized carbons (Fsp3) is 0.500. The molecule has 16 heavy (non-hydrogen) atoms. The van der Waals surface area contributed by atoms with E-state index in [4.69, 9.17) is 0 Å². The second kappa shape index (κ2) is 22.6. The minimum absolute atomic E-state index is 0. The summed E-state index contributed by atoms with van der Waals surface area (Å²) >= 11 is 0. The van der Waals surface area contributed by atoms with Crippen LogP contribution in [-0.4, -0.2) is 14.1 Å². The second-order valence-electron chi connectivity index (χ2n) is 3.12. The molecular weight excluding hydrogens is 706 g/mol. The first-order valence-corrected chi connectivity index (χ1v) is 4.40. The minimum Gasteiger partial charge on any atom is -0.691 e. The molecule has 2 nitrogen and oxygen atoms in total. The molecular formula is C12H24N2Rf2-2. The molecule has 0 fully saturated rings. The number of rotatable bonds is 2. The number of nitrogens with zero attached hydrogens (tertiary/aromatic N) is 2. The van der Waals surface area contributed by atoms with Gasteiger partial charge in [0.15, 0.2) is 0 Å². The topological polar surface area (TPSA) is 28.2 Å². The molecule has 0 rings (SSSR count). The van der Waals surface area contributed by atoms with E-state index in [9.17, 15) is 0 Å². The Labute approximate surface area is 89.8 Å². The zero-order chi connectivity index (χ0) is 12.1. The molecule has 0 heterocycles. The van der Waals surface area contributed by atoms with E-state index >= 15 is 0 Å². The van der Waals surface area contributed by atoms with Crippen LogP contribution >= 0.6 is 0 Å². The van der Waals surface area contributed by atoms with E-state index in [1.54, 1.807) is 14.1 Å². The van der Waals surface area contributed by atoms with Gasteiger partial charge in [-0.2, -0.15) is 11.4 Å². The zero-order valence-electron chi connectivity index (χ0n) is 11.9. The average Bonchev–Trinajstić information content (AvgIpc) is 2.04. The van der Waals surface area contributed by atoms with Gasteiger partial charge in [0.25, 0.3) is 0 Å². The first-order chi connectivity index (χ1) is 6.27. The largest absolute Gasteiger partial charge is 0.691 e. The summed E-state index contributed by atoms with van der Waals surface area (Å²) in [5.74, 6) is 0. The van der Waals surface area contributed by atoms with Gasteiger partial charge in [-0.1, -0.05) is 19.4 Å². The van der Waals surface area contributed by atoms with E-state index in [1.807, 2.05) is 27.7 Å². The van der Waals surface area contributed by atoms with Crippen molar-refractivity contribution >= 4 is 0 Å². The normalized spacial score (nSPS) is 5.88. The van der Waals surface area contributed by atoms with Crippen LogP contribution in [0.2, 0.25) is 0 Å². The molecule has 0 saturated carbocycles. The summed E-state index contributed by atoms with van der Waals surface area (Å²) in [5.41, 5.74) is 2.93. The summed E-state index contributed by atoms with van der Waals surface area (Å²) in [6.45, 7) is 18.2. The Morgan fingerprint density at radius 1 is 0.688 bits per heavy atom. The van der Waals surface area contributed by atoms with E-state index in [-0.39, 0.29) is 0 Å². The molecule has 0 bridgehead atoms. The SMILES string of the molecule is C=C(C)C.C=C(C)[N-]C.C=C(C)[N-]C.[Rf].[Rf]. The summed E-state index contributed by atoms with van der Waals surface area (Å²) in [4.78, 5) is 0. The maximum atomic E-state index is 3.69. The molecule has 0 radical (unpaired) electrons. The van der Waals surface area contributed by atoms with Gasteiger partial charge in [0.2, 0.25) is 0 Å². The van der Waals surface area contributed by atoms with Crippen LogP contribution in [0.1, 0.15) is 27.7 Å². The third-order valence-electron chi connectivity index (χ3n) is 0.763. The van der Waals surface area contributed by atoms with E-state index < -0.39 is 0 Å². The van der Waals surface area contributed by atoms with Crippen molar-refractivity contribution in [3.63, 3.8) is 0 Å². The van der Waals surface area contributed by atoms with Crippen molar-refractivity contribution in [2.75, 3.05) is 14.1 Å². The summed E-state index contributed by atoms with van der Waals surface area (Å²) < 4.78 is 0. The summed E-state index contributed by atoms with van der Waals surface area (Å²) in [6.07, 6.45) is 0. The van der Waals surface area contributed by atoms with Crippen LogP contribution < -0.4 is 0 Å². The average molecular weight is 730 g/mol. The zero-order valence-corrected chi connectivity index (χ0v) is 24.7. The maximum absolute atomic E-state index is 3.69. The molecule has 0 aliphatic carbocycles. The van der Waals surface area contributed by atoms with Crippen molar-refractivity contribution in [2.24, 2.45) is 0 Å². The summed E-state index contributed by atoms with van der Waals surface area (Å²) in [7, 11) is 3.45. The monoisotopic (exact) mass is 730 g/mol. The van der Waals surface area contributed by atoms with E-state index in [0.29, 0.717) is 0 Å². The molecule has 0 aromatic carbocycles. The standard InChI is InChI=1S/2C4H8N.C4H8.2Rf/c2*1-4(2)5-3;1-4(2)3;;/h2*1H2,2-3H3;1H2,2-3H3;;/q2*-1;;;. The van der Waals surface area contributed by atoms with Gasteiger partial charge in [0.05, 0.1) is 0 Å². The van der Waals surface area contributed by atoms with Crippen molar-refractivity contribution in [3.8, 4) is 0 Å². The van der Waals surface area contributed by atoms with Gasteiger partial charge in [-0.05, 0) is 13.8 Å². The third kappa shape index (κ3) is 1550. The number of hydrogen-bond donors (Lipinski definition) is 0. The Kier molecular flexibility index (Phi) is 41.4. The van der Waals surface area contributed by atoms with E-state index in [0.717, 1.165) is 11.4 Å². The van der Waals surface area contributed by atoms with Gasteiger partial charge in [0.1, 0.15) is 0 Å². The third-order valence-corrected chi connectivity index (χ3v) is 0.763. The van der Waals surface area contributed by atoms with Gasteiger partial charge in [-0.25, -0.2) is 0 Å². The molecule has 0 N–H and O–H groups in total. The second-order valence-corrected chi connectivity index (χ2v) is 3.12. The van der Waals surface area contributed by atoms with Crippen LogP contribution in [0.15, 0.2) is 36.7 Å². The summed E-state index contributed by atoms with van der Waals surface area (Å²) in [6, 6.07) is 0. The number of hydrogen-bond acceptors (Lipinski definition) is 0. The predicted octanol–water partition coefficient (Wildman–Crippen LogP) is 4.63. The van der Waals surface area contributed by atoms with Crippen LogP contribution in [-0.2, 0) is 0 Å². The van der Waals surface area contributed by atoms with Gasteiger partial charge in [-0.15, -0.1) is 33.8 Å². The van der Waals surface area contributed by atoms with Crippen molar-refractivity contribution in [1.82, 2.24) is 0 Å². The molecule has 0 aromatic heterocycles. The van der Waals surface area contributed by atoms with Crippen molar-refractivity contribution in [1.29, 1.82) is 0 Å².